The highest BCUT2D eigenvalue weighted by molar-refractivity contribution is 6.17. The Kier molecular flexibility index (Phi) is 4.33. The van der Waals surface area contributed by atoms with Crippen molar-refractivity contribution in [1.82, 2.24) is 0 Å². The zero-order valence-electron chi connectivity index (χ0n) is 9.21. The van der Waals surface area contributed by atoms with E-state index in [1.54, 1.807) is 6.07 Å². The van der Waals surface area contributed by atoms with Gasteiger partial charge in [0.25, 0.3) is 0 Å². The predicted octanol–water partition coefficient (Wildman–Crippen LogP) is 2.32. The molecule has 0 radical (unpaired) electrons. The molecule has 0 aliphatic heterocycles. The number of hydrogen-bond donors (Lipinski definition) is 0. The molecule has 0 aromatic heterocycles. The maximum absolute atomic E-state index is 11.2. The van der Waals surface area contributed by atoms with E-state index in [1.165, 1.54) is 7.11 Å². The molecule has 0 N–H and O–H groups in total. The molecule has 0 bridgehead atoms. The van der Waals surface area contributed by atoms with Gasteiger partial charge in [-0.1, -0.05) is 6.07 Å². The Balaban J connectivity index is 3.22. The smallest absolute Gasteiger partial charge is 0.310 e. The summed E-state index contributed by atoms with van der Waals surface area (Å²) in [5.41, 5.74) is 3.02. The second-order valence-electron chi connectivity index (χ2n) is 3.37. The van der Waals surface area contributed by atoms with Crippen LogP contribution in [0.2, 0.25) is 0 Å². The van der Waals surface area contributed by atoms with Gasteiger partial charge >= 0.3 is 5.97 Å². The van der Waals surface area contributed by atoms with E-state index in [1.807, 2.05) is 13.0 Å². The highest BCUT2D eigenvalue weighted by atomic mass is 35.5. The van der Waals surface area contributed by atoms with Gasteiger partial charge in [0.05, 0.1) is 25.2 Å². The number of carbonyl (C=O) groups excluding carboxylic acids is 1. The molecule has 1 aromatic carbocycles. The lowest BCUT2D eigenvalue weighted by atomic mass is 9.96. The standard InChI is InChI=1S/C12H12ClNO2/c1-8-9(6-13)3-4-10(7-14)11(8)5-12(15)16-2/h3-4H,5-6H2,1-2H3. The van der Waals surface area contributed by atoms with Crippen LogP contribution in [0.25, 0.3) is 0 Å². The molecular formula is C12H12ClNO2. The molecule has 0 aliphatic carbocycles. The van der Waals surface area contributed by atoms with Crippen LogP contribution < -0.4 is 0 Å². The van der Waals surface area contributed by atoms with Crippen molar-refractivity contribution in [3.63, 3.8) is 0 Å². The molecule has 3 nitrogen and oxygen atoms in total. The van der Waals surface area contributed by atoms with Crippen LogP contribution >= 0.6 is 11.6 Å². The van der Waals surface area contributed by atoms with E-state index in [9.17, 15) is 4.79 Å². The van der Waals surface area contributed by atoms with Gasteiger partial charge in [-0.05, 0) is 29.7 Å². The largest absolute Gasteiger partial charge is 0.469 e. The molecule has 0 atom stereocenters. The third-order valence-electron chi connectivity index (χ3n) is 2.52. The number of benzene rings is 1. The second kappa shape index (κ2) is 5.53. The summed E-state index contributed by atoms with van der Waals surface area (Å²) in [6.45, 7) is 1.86. The zero-order chi connectivity index (χ0) is 12.1. The first-order valence-corrected chi connectivity index (χ1v) is 5.31. The number of alkyl halides is 1. The van der Waals surface area contributed by atoms with Crippen LogP contribution in [-0.2, 0) is 21.8 Å². The molecule has 0 heterocycles. The number of ether oxygens (including phenoxy) is 1. The fourth-order valence-electron chi connectivity index (χ4n) is 1.50. The average Bonchev–Trinajstić information content (AvgIpc) is 2.31. The molecule has 0 aliphatic rings. The normalized spacial score (nSPS) is 9.62. The highest BCUT2D eigenvalue weighted by Crippen LogP contribution is 2.20. The van der Waals surface area contributed by atoms with Crippen molar-refractivity contribution >= 4 is 17.6 Å². The summed E-state index contributed by atoms with van der Waals surface area (Å²) in [4.78, 5) is 11.2. The summed E-state index contributed by atoms with van der Waals surface area (Å²) in [7, 11) is 1.33. The van der Waals surface area contributed by atoms with E-state index in [4.69, 9.17) is 16.9 Å². The zero-order valence-corrected chi connectivity index (χ0v) is 9.97. The van der Waals surface area contributed by atoms with E-state index >= 15 is 0 Å². The summed E-state index contributed by atoms with van der Waals surface area (Å²) in [6.07, 6.45) is 0.107. The van der Waals surface area contributed by atoms with Crippen molar-refractivity contribution < 1.29 is 9.53 Å². The molecule has 0 saturated heterocycles. The number of nitriles is 1. The summed E-state index contributed by atoms with van der Waals surface area (Å²) in [6, 6.07) is 5.56. The van der Waals surface area contributed by atoms with Crippen LogP contribution in [0.4, 0.5) is 0 Å². The van der Waals surface area contributed by atoms with Gasteiger partial charge in [-0.2, -0.15) is 5.26 Å². The monoisotopic (exact) mass is 237 g/mol. The van der Waals surface area contributed by atoms with Gasteiger partial charge in [0.2, 0.25) is 0 Å². The molecule has 84 valence electrons. The van der Waals surface area contributed by atoms with Crippen LogP contribution in [0.1, 0.15) is 22.3 Å². The maximum Gasteiger partial charge on any atom is 0.310 e. The Morgan fingerprint density at radius 2 is 2.25 bits per heavy atom. The van der Waals surface area contributed by atoms with Crippen LogP contribution in [0.15, 0.2) is 12.1 Å². The lowest BCUT2D eigenvalue weighted by Gasteiger charge is -2.10. The topological polar surface area (TPSA) is 50.1 Å². The first kappa shape index (κ1) is 12.5. The minimum Gasteiger partial charge on any atom is -0.469 e. The Hall–Kier alpha value is -1.53. The number of rotatable bonds is 3. The first-order valence-electron chi connectivity index (χ1n) is 4.78. The maximum atomic E-state index is 11.2. The molecule has 1 rings (SSSR count). The fourth-order valence-corrected chi connectivity index (χ4v) is 1.79. The van der Waals surface area contributed by atoms with Gasteiger partial charge in [0.15, 0.2) is 0 Å². The molecule has 0 amide bonds. The number of methoxy groups -OCH3 is 1. The van der Waals surface area contributed by atoms with Gasteiger partial charge in [0.1, 0.15) is 0 Å². The van der Waals surface area contributed by atoms with E-state index < -0.39 is 0 Å². The van der Waals surface area contributed by atoms with Crippen molar-refractivity contribution in [2.45, 2.75) is 19.2 Å². The third kappa shape index (κ3) is 2.53. The number of carbonyl (C=O) groups is 1. The summed E-state index contributed by atoms with van der Waals surface area (Å²) >= 11 is 5.77. The molecule has 0 saturated carbocycles. The van der Waals surface area contributed by atoms with Crippen molar-refractivity contribution in [2.75, 3.05) is 7.11 Å². The Bertz CT molecular complexity index is 449. The summed E-state index contributed by atoms with van der Waals surface area (Å²) in [5, 5.41) is 8.96. The van der Waals surface area contributed by atoms with E-state index in [0.29, 0.717) is 17.0 Å². The van der Waals surface area contributed by atoms with Crippen LogP contribution in [-0.4, -0.2) is 13.1 Å². The van der Waals surface area contributed by atoms with E-state index in [-0.39, 0.29) is 12.4 Å². The fraction of sp³-hybridized carbons (Fsp3) is 0.333. The Morgan fingerprint density at radius 1 is 1.56 bits per heavy atom. The minimum atomic E-state index is -0.355. The van der Waals surface area contributed by atoms with Gasteiger partial charge in [-0.25, -0.2) is 0 Å². The lowest BCUT2D eigenvalue weighted by molar-refractivity contribution is -0.139. The predicted molar refractivity (Wildman–Crippen MR) is 61.2 cm³/mol. The number of hydrogen-bond acceptors (Lipinski definition) is 3. The Morgan fingerprint density at radius 3 is 2.75 bits per heavy atom. The number of halogens is 1. The molecule has 16 heavy (non-hydrogen) atoms. The Labute approximate surface area is 99.6 Å². The van der Waals surface area contributed by atoms with Crippen molar-refractivity contribution in [1.29, 1.82) is 5.26 Å². The van der Waals surface area contributed by atoms with Gasteiger partial charge < -0.3 is 4.74 Å². The molecule has 4 heteroatoms. The van der Waals surface area contributed by atoms with Gasteiger partial charge in [-0.15, -0.1) is 11.6 Å². The van der Waals surface area contributed by atoms with E-state index in [2.05, 4.69) is 10.8 Å². The summed E-state index contributed by atoms with van der Waals surface area (Å²) < 4.78 is 4.60. The molecule has 1 aromatic rings. The molecular weight excluding hydrogens is 226 g/mol. The summed E-state index contributed by atoms with van der Waals surface area (Å²) in [5.74, 6) is 0.0115. The van der Waals surface area contributed by atoms with Crippen molar-refractivity contribution in [3.05, 3.63) is 34.4 Å². The van der Waals surface area contributed by atoms with E-state index in [0.717, 1.165) is 11.1 Å². The minimum absolute atomic E-state index is 0.107. The quantitative estimate of drug-likeness (QED) is 0.599. The van der Waals surface area contributed by atoms with Crippen molar-refractivity contribution in [2.24, 2.45) is 0 Å². The van der Waals surface area contributed by atoms with Crippen LogP contribution in [0.5, 0.6) is 0 Å². The van der Waals surface area contributed by atoms with Gasteiger partial charge in [-0.3, -0.25) is 4.79 Å². The van der Waals surface area contributed by atoms with Crippen LogP contribution in [0.3, 0.4) is 0 Å². The average molecular weight is 238 g/mol. The highest BCUT2D eigenvalue weighted by Gasteiger charge is 2.13. The molecule has 0 unspecified atom stereocenters. The first-order chi connectivity index (χ1) is 7.63. The van der Waals surface area contributed by atoms with Crippen LogP contribution in [0, 0.1) is 18.3 Å². The third-order valence-corrected chi connectivity index (χ3v) is 2.81. The number of esters is 1. The van der Waals surface area contributed by atoms with Gasteiger partial charge in [0, 0.05) is 5.88 Å². The molecule has 0 fully saturated rings. The lowest BCUT2D eigenvalue weighted by Crippen LogP contribution is -2.08. The number of nitrogens with zero attached hydrogens (tertiary/aromatic N) is 1. The second-order valence-corrected chi connectivity index (χ2v) is 3.64. The van der Waals surface area contributed by atoms with Crippen molar-refractivity contribution in [3.8, 4) is 6.07 Å². The molecule has 0 spiro atoms. The SMILES string of the molecule is COC(=O)Cc1c(C#N)ccc(CCl)c1C.